The van der Waals surface area contributed by atoms with E-state index in [1.165, 1.54) is 29.0 Å². The Morgan fingerprint density at radius 3 is 2.72 bits per heavy atom. The van der Waals surface area contributed by atoms with Gasteiger partial charge >= 0.3 is 0 Å². The van der Waals surface area contributed by atoms with Crippen molar-refractivity contribution in [2.45, 2.75) is 13.5 Å². The molecule has 0 radical (unpaired) electrons. The maximum absolute atomic E-state index is 14.4. The van der Waals surface area contributed by atoms with E-state index in [1.807, 2.05) is 13.0 Å². The molecule has 8 heteroatoms. The van der Waals surface area contributed by atoms with Crippen LogP contribution in [-0.4, -0.2) is 14.5 Å². The normalized spacial score (nSPS) is 11.8. The molecule has 0 fully saturated rings. The van der Waals surface area contributed by atoms with Crippen molar-refractivity contribution >= 4 is 0 Å². The second-order valence-electron chi connectivity index (χ2n) is 7.34. The molecular weight excluding hydrogens is 414 g/mol. The van der Waals surface area contributed by atoms with Crippen LogP contribution in [0.5, 0.6) is 5.75 Å². The number of halogens is 2. The molecule has 4 aromatic rings. The molecule has 0 saturated carbocycles. The first-order valence-electron chi connectivity index (χ1n) is 9.66. The summed E-state index contributed by atoms with van der Waals surface area (Å²) in [6.07, 6.45) is 4.24. The first-order valence-corrected chi connectivity index (χ1v) is 9.66. The maximum atomic E-state index is 14.4. The highest BCUT2D eigenvalue weighted by molar-refractivity contribution is 5.79. The van der Waals surface area contributed by atoms with Crippen LogP contribution >= 0.6 is 0 Å². The van der Waals surface area contributed by atoms with Crippen molar-refractivity contribution in [3.8, 4) is 39.9 Å². The first kappa shape index (κ1) is 19.6. The second-order valence-corrected chi connectivity index (χ2v) is 7.34. The quantitative estimate of drug-likeness (QED) is 0.475. The standard InChI is InChI=1S/C24H14F2N4O2/c1-13-5-15(11-28-9-13)30-21-12-32-22-6-14(25)10-29-23(22)18(21)7-17(24(30)31)16-3-2-4-20(26)19(16)8-27/h2-7,9-11H,12H2,1H3. The van der Waals surface area contributed by atoms with E-state index >= 15 is 0 Å². The summed E-state index contributed by atoms with van der Waals surface area (Å²) in [6, 6.07) is 10.5. The monoisotopic (exact) mass is 428 g/mol. The lowest BCUT2D eigenvalue weighted by atomic mass is 9.96. The number of rotatable bonds is 2. The van der Waals surface area contributed by atoms with Crippen molar-refractivity contribution in [2.75, 3.05) is 0 Å². The van der Waals surface area contributed by atoms with Gasteiger partial charge in [0.25, 0.3) is 5.56 Å². The summed E-state index contributed by atoms with van der Waals surface area (Å²) in [5.41, 5.74) is 2.24. The second kappa shape index (κ2) is 7.39. The Morgan fingerprint density at radius 2 is 1.94 bits per heavy atom. The van der Waals surface area contributed by atoms with Gasteiger partial charge in [0.1, 0.15) is 35.8 Å². The Balaban J connectivity index is 1.91. The van der Waals surface area contributed by atoms with E-state index in [4.69, 9.17) is 4.74 Å². The van der Waals surface area contributed by atoms with Crippen molar-refractivity contribution in [3.05, 3.63) is 93.8 Å². The number of benzene rings is 1. The molecule has 32 heavy (non-hydrogen) atoms. The largest absolute Gasteiger partial charge is 0.485 e. The molecule has 0 atom stereocenters. The van der Waals surface area contributed by atoms with Gasteiger partial charge in [-0.3, -0.25) is 14.3 Å². The lowest BCUT2D eigenvalue weighted by Gasteiger charge is -2.24. The summed E-state index contributed by atoms with van der Waals surface area (Å²) in [6.45, 7) is 1.83. The number of hydrogen-bond acceptors (Lipinski definition) is 5. The van der Waals surface area contributed by atoms with Crippen molar-refractivity contribution in [3.63, 3.8) is 0 Å². The minimum Gasteiger partial charge on any atom is -0.485 e. The number of aryl methyl sites for hydroxylation is 1. The van der Waals surface area contributed by atoms with Crippen LogP contribution in [-0.2, 0) is 6.61 Å². The Morgan fingerprint density at radius 1 is 1.09 bits per heavy atom. The zero-order valence-corrected chi connectivity index (χ0v) is 16.8. The predicted octanol–water partition coefficient (Wildman–Crippen LogP) is 4.31. The molecule has 1 aliphatic rings. The van der Waals surface area contributed by atoms with E-state index in [1.54, 1.807) is 18.3 Å². The third-order valence-electron chi connectivity index (χ3n) is 5.28. The topological polar surface area (TPSA) is 80.8 Å². The van der Waals surface area contributed by atoms with Crippen LogP contribution in [0.1, 0.15) is 16.8 Å². The summed E-state index contributed by atoms with van der Waals surface area (Å²) in [7, 11) is 0. The molecule has 3 aromatic heterocycles. The summed E-state index contributed by atoms with van der Waals surface area (Å²) in [5.74, 6) is -1.05. The molecule has 0 unspecified atom stereocenters. The van der Waals surface area contributed by atoms with Crippen molar-refractivity contribution in [1.82, 2.24) is 14.5 Å². The SMILES string of the molecule is Cc1cncc(-n2c3c(cc(-c4cccc(F)c4C#N)c2=O)-c2ncc(F)cc2OC3)c1. The molecule has 0 saturated heterocycles. The number of ether oxygens (including phenoxy) is 1. The van der Waals surface area contributed by atoms with Crippen LogP contribution in [0, 0.1) is 29.9 Å². The van der Waals surface area contributed by atoms with E-state index in [-0.39, 0.29) is 29.0 Å². The highest BCUT2D eigenvalue weighted by Crippen LogP contribution is 2.38. The number of pyridine rings is 3. The van der Waals surface area contributed by atoms with E-state index in [0.29, 0.717) is 22.6 Å². The van der Waals surface area contributed by atoms with Gasteiger partial charge < -0.3 is 4.74 Å². The van der Waals surface area contributed by atoms with E-state index in [0.717, 1.165) is 17.8 Å². The predicted molar refractivity (Wildman–Crippen MR) is 112 cm³/mol. The van der Waals surface area contributed by atoms with Gasteiger partial charge in [-0.05, 0) is 30.7 Å². The Bertz CT molecular complexity index is 1510. The van der Waals surface area contributed by atoms with E-state index < -0.39 is 17.2 Å². The third kappa shape index (κ3) is 3.03. The van der Waals surface area contributed by atoms with E-state index in [9.17, 15) is 18.8 Å². The molecule has 4 heterocycles. The molecule has 0 N–H and O–H groups in total. The van der Waals surface area contributed by atoms with Crippen molar-refractivity contribution in [2.24, 2.45) is 0 Å². The number of nitriles is 1. The highest BCUT2D eigenvalue weighted by atomic mass is 19.1. The Hall–Kier alpha value is -4.38. The zero-order chi connectivity index (χ0) is 22.4. The van der Waals surface area contributed by atoms with Gasteiger partial charge in [-0.1, -0.05) is 12.1 Å². The van der Waals surface area contributed by atoms with Crippen LogP contribution in [0.2, 0.25) is 0 Å². The van der Waals surface area contributed by atoms with Crippen molar-refractivity contribution in [1.29, 1.82) is 5.26 Å². The molecule has 1 aliphatic heterocycles. The van der Waals surface area contributed by atoms with Crippen molar-refractivity contribution < 1.29 is 13.5 Å². The van der Waals surface area contributed by atoms with Crippen LogP contribution in [0.3, 0.4) is 0 Å². The fraction of sp³-hybridized carbons (Fsp3) is 0.0833. The molecule has 6 nitrogen and oxygen atoms in total. The third-order valence-corrected chi connectivity index (χ3v) is 5.28. The lowest BCUT2D eigenvalue weighted by molar-refractivity contribution is 0.290. The molecular formula is C24H14F2N4O2. The van der Waals surface area contributed by atoms with Gasteiger partial charge in [-0.15, -0.1) is 0 Å². The van der Waals surface area contributed by atoms with E-state index in [2.05, 4.69) is 9.97 Å². The number of hydrogen-bond donors (Lipinski definition) is 0. The van der Waals surface area contributed by atoms with Crippen LogP contribution in [0.4, 0.5) is 8.78 Å². The van der Waals surface area contributed by atoms with Gasteiger partial charge in [0.15, 0.2) is 0 Å². The minimum absolute atomic E-state index is 0.00874. The van der Waals surface area contributed by atoms with Gasteiger partial charge in [0.05, 0.1) is 29.3 Å². The molecule has 0 amide bonds. The van der Waals surface area contributed by atoms with Gasteiger partial charge in [0.2, 0.25) is 0 Å². The van der Waals surface area contributed by atoms with Gasteiger partial charge in [-0.2, -0.15) is 5.26 Å². The molecule has 0 bridgehead atoms. The summed E-state index contributed by atoms with van der Waals surface area (Å²) >= 11 is 0. The smallest absolute Gasteiger partial charge is 0.263 e. The van der Waals surface area contributed by atoms with Crippen LogP contribution in [0.15, 0.2) is 59.8 Å². The molecule has 1 aromatic carbocycles. The molecule has 0 spiro atoms. The maximum Gasteiger partial charge on any atom is 0.263 e. The highest BCUT2D eigenvalue weighted by Gasteiger charge is 2.27. The van der Waals surface area contributed by atoms with Gasteiger partial charge in [0, 0.05) is 29.0 Å². The lowest BCUT2D eigenvalue weighted by Crippen LogP contribution is -2.27. The average molecular weight is 428 g/mol. The summed E-state index contributed by atoms with van der Waals surface area (Å²) < 4.78 is 35.2. The fourth-order valence-corrected chi connectivity index (χ4v) is 3.87. The number of fused-ring (bicyclic) bond motifs is 3. The number of aromatic nitrogens is 3. The zero-order valence-electron chi connectivity index (χ0n) is 16.8. The van der Waals surface area contributed by atoms with Crippen LogP contribution in [0.25, 0.3) is 28.1 Å². The molecule has 5 rings (SSSR count). The summed E-state index contributed by atoms with van der Waals surface area (Å²) in [5, 5.41) is 9.52. The van der Waals surface area contributed by atoms with Crippen LogP contribution < -0.4 is 10.3 Å². The Kier molecular flexibility index (Phi) is 4.52. The Labute approximate surface area is 181 Å². The minimum atomic E-state index is -0.727. The molecule has 156 valence electrons. The summed E-state index contributed by atoms with van der Waals surface area (Å²) in [4.78, 5) is 22.0. The van der Waals surface area contributed by atoms with Gasteiger partial charge in [-0.25, -0.2) is 13.8 Å². The fourth-order valence-electron chi connectivity index (χ4n) is 3.87. The number of nitrogens with zero attached hydrogens (tertiary/aromatic N) is 4. The first-order chi connectivity index (χ1) is 15.5. The molecule has 0 aliphatic carbocycles. The average Bonchev–Trinajstić information content (AvgIpc) is 2.78.